The number of amides is 1. The van der Waals surface area contributed by atoms with Gasteiger partial charge >= 0.3 is 0 Å². The fraction of sp³-hybridized carbons (Fsp3) is 0.300. The van der Waals surface area contributed by atoms with Crippen molar-refractivity contribution in [1.29, 1.82) is 0 Å². The second-order valence-corrected chi connectivity index (χ2v) is 7.39. The van der Waals surface area contributed by atoms with Gasteiger partial charge in [0.2, 0.25) is 5.95 Å². The Bertz CT molecular complexity index is 1190. The van der Waals surface area contributed by atoms with Crippen LogP contribution in [0.5, 0.6) is 0 Å². The second-order valence-electron chi connectivity index (χ2n) is 7.39. The molecule has 29 heavy (non-hydrogen) atoms. The van der Waals surface area contributed by atoms with Gasteiger partial charge in [0, 0.05) is 36.1 Å². The molecular weight excluding hydrogens is 373 g/mol. The Labute approximate surface area is 166 Å². The van der Waals surface area contributed by atoms with Crippen LogP contribution in [-0.2, 0) is 0 Å². The molecule has 0 bridgehead atoms. The zero-order valence-corrected chi connectivity index (χ0v) is 16.5. The predicted molar refractivity (Wildman–Crippen MR) is 110 cm³/mol. The second kappa shape index (κ2) is 7.16. The van der Waals surface area contributed by atoms with E-state index < -0.39 is 5.67 Å². The molecule has 0 unspecified atom stereocenters. The minimum atomic E-state index is -1.49. The average molecular weight is 395 g/mol. The van der Waals surface area contributed by atoms with Gasteiger partial charge in [-0.2, -0.15) is 10.1 Å². The van der Waals surface area contributed by atoms with Crippen molar-refractivity contribution in [3.63, 3.8) is 0 Å². The Morgan fingerprint density at radius 1 is 1.34 bits per heavy atom. The quantitative estimate of drug-likeness (QED) is 0.466. The molecule has 0 aliphatic heterocycles. The molecule has 0 aromatic carbocycles. The maximum Gasteiger partial charge on any atom is 0.255 e. The molecular formula is C20H22FN7O. The van der Waals surface area contributed by atoms with Crippen molar-refractivity contribution in [2.24, 2.45) is 0 Å². The van der Waals surface area contributed by atoms with E-state index in [4.69, 9.17) is 0 Å². The molecule has 4 aromatic rings. The highest BCUT2D eigenvalue weighted by Gasteiger charge is 2.20. The molecule has 8 nitrogen and oxygen atoms in total. The van der Waals surface area contributed by atoms with Crippen LogP contribution in [0.1, 0.15) is 31.1 Å². The highest BCUT2D eigenvalue weighted by molar-refractivity contribution is 6.02. The van der Waals surface area contributed by atoms with Crippen LogP contribution in [-0.4, -0.2) is 49.2 Å². The summed E-state index contributed by atoms with van der Waals surface area (Å²) in [4.78, 5) is 24.5. The molecule has 4 heterocycles. The summed E-state index contributed by atoms with van der Waals surface area (Å²) in [5.74, 6) is 0.204. The fourth-order valence-corrected chi connectivity index (χ4v) is 3.10. The number of alkyl halides is 1. The monoisotopic (exact) mass is 395 g/mol. The number of anilines is 1. The highest BCUT2D eigenvalue weighted by Crippen LogP contribution is 2.29. The molecule has 4 rings (SSSR count). The lowest BCUT2D eigenvalue weighted by molar-refractivity contribution is 0.0922. The summed E-state index contributed by atoms with van der Waals surface area (Å²) >= 11 is 0. The normalized spacial score (nSPS) is 11.9. The van der Waals surface area contributed by atoms with E-state index in [1.807, 2.05) is 25.3 Å². The summed E-state index contributed by atoms with van der Waals surface area (Å²) < 4.78 is 15.3. The minimum Gasteiger partial charge on any atom is -0.354 e. The number of rotatable bonds is 6. The summed E-state index contributed by atoms with van der Waals surface area (Å²) in [6.07, 6.45) is 6.90. The van der Waals surface area contributed by atoms with E-state index in [0.717, 1.165) is 28.7 Å². The number of carbonyl (C=O) groups excluding carboxylic acids is 1. The summed E-state index contributed by atoms with van der Waals surface area (Å²) in [6.45, 7) is 5.49. The first kappa shape index (κ1) is 18.9. The van der Waals surface area contributed by atoms with Crippen LogP contribution >= 0.6 is 0 Å². The van der Waals surface area contributed by atoms with Crippen molar-refractivity contribution in [3.05, 3.63) is 42.5 Å². The standard InChI is InChI=1S/C20H22FN7O/c1-4-22-19-24-9-14-13(8-23-17(14)27-19)12-5-6-28-16(7-12)15(10-26-28)18(29)25-11-20(2,3)21/h5-10H,4,11H2,1-3H3,(H,25,29)(H2,22,23,24,27). The number of hydrogen-bond acceptors (Lipinski definition) is 5. The summed E-state index contributed by atoms with van der Waals surface area (Å²) in [6, 6.07) is 3.79. The first-order valence-electron chi connectivity index (χ1n) is 9.38. The molecule has 0 aliphatic rings. The van der Waals surface area contributed by atoms with Gasteiger partial charge in [-0.1, -0.05) is 0 Å². The largest absolute Gasteiger partial charge is 0.354 e. The number of halogens is 1. The molecule has 0 fully saturated rings. The molecule has 9 heteroatoms. The Hall–Kier alpha value is -3.49. The molecule has 0 saturated carbocycles. The molecule has 0 spiro atoms. The van der Waals surface area contributed by atoms with Crippen LogP contribution < -0.4 is 10.6 Å². The molecule has 3 N–H and O–H groups in total. The summed E-state index contributed by atoms with van der Waals surface area (Å²) in [5.41, 5.74) is 2.08. The van der Waals surface area contributed by atoms with Crippen molar-refractivity contribution in [1.82, 2.24) is 29.9 Å². The van der Waals surface area contributed by atoms with Crippen molar-refractivity contribution in [3.8, 4) is 11.1 Å². The number of aromatic nitrogens is 5. The average Bonchev–Trinajstić information content (AvgIpc) is 3.29. The molecule has 0 atom stereocenters. The smallest absolute Gasteiger partial charge is 0.255 e. The van der Waals surface area contributed by atoms with Gasteiger partial charge in [0.05, 0.1) is 23.8 Å². The van der Waals surface area contributed by atoms with Crippen LogP contribution in [0, 0.1) is 0 Å². The molecule has 4 aromatic heterocycles. The van der Waals surface area contributed by atoms with E-state index in [-0.39, 0.29) is 12.5 Å². The maximum absolute atomic E-state index is 13.7. The van der Waals surface area contributed by atoms with Crippen molar-refractivity contribution in [2.75, 3.05) is 18.4 Å². The fourth-order valence-electron chi connectivity index (χ4n) is 3.10. The third kappa shape index (κ3) is 3.75. The third-order valence-electron chi connectivity index (χ3n) is 4.51. The van der Waals surface area contributed by atoms with Crippen molar-refractivity contribution >= 4 is 28.4 Å². The highest BCUT2D eigenvalue weighted by atomic mass is 19.1. The maximum atomic E-state index is 13.7. The van der Waals surface area contributed by atoms with Gasteiger partial charge in [-0.15, -0.1) is 0 Å². The van der Waals surface area contributed by atoms with Gasteiger partial charge in [0.15, 0.2) is 0 Å². The molecule has 150 valence electrons. The van der Waals surface area contributed by atoms with Crippen molar-refractivity contribution in [2.45, 2.75) is 26.4 Å². The number of H-pyrrole nitrogens is 1. The van der Waals surface area contributed by atoms with E-state index in [1.54, 1.807) is 16.9 Å². The summed E-state index contributed by atoms with van der Waals surface area (Å²) in [7, 11) is 0. The van der Waals surface area contributed by atoms with E-state index >= 15 is 0 Å². The van der Waals surface area contributed by atoms with Gasteiger partial charge in [0.25, 0.3) is 5.91 Å². The van der Waals surface area contributed by atoms with Crippen LogP contribution in [0.2, 0.25) is 0 Å². The van der Waals surface area contributed by atoms with E-state index in [0.29, 0.717) is 17.0 Å². The lowest BCUT2D eigenvalue weighted by Gasteiger charge is -2.14. The number of hydrogen-bond donors (Lipinski definition) is 3. The zero-order chi connectivity index (χ0) is 20.6. The lowest BCUT2D eigenvalue weighted by atomic mass is 10.1. The number of carbonyl (C=O) groups is 1. The number of nitrogens with one attached hydrogen (secondary N) is 3. The van der Waals surface area contributed by atoms with Gasteiger partial charge in [-0.05, 0) is 38.5 Å². The SMILES string of the molecule is CCNc1ncc2c(-c3ccn4ncc(C(=O)NCC(C)(C)F)c4c3)c[nH]c2n1. The molecule has 0 aliphatic carbocycles. The Morgan fingerprint density at radius 2 is 2.17 bits per heavy atom. The topological polar surface area (TPSA) is 100 Å². The summed E-state index contributed by atoms with van der Waals surface area (Å²) in [5, 5.41) is 10.8. The van der Waals surface area contributed by atoms with E-state index in [2.05, 4.69) is 30.7 Å². The van der Waals surface area contributed by atoms with Gasteiger partial charge < -0.3 is 15.6 Å². The Kier molecular flexibility index (Phi) is 4.65. The van der Waals surface area contributed by atoms with E-state index in [9.17, 15) is 9.18 Å². The number of nitrogens with zero attached hydrogens (tertiary/aromatic N) is 4. The third-order valence-corrected chi connectivity index (χ3v) is 4.51. The molecule has 0 saturated heterocycles. The van der Waals surface area contributed by atoms with Crippen LogP contribution in [0.25, 0.3) is 27.7 Å². The predicted octanol–water partition coefficient (Wildman–Crippen LogP) is 3.18. The van der Waals surface area contributed by atoms with Gasteiger partial charge in [-0.25, -0.2) is 13.9 Å². The van der Waals surface area contributed by atoms with Crippen LogP contribution in [0.3, 0.4) is 0 Å². The van der Waals surface area contributed by atoms with Gasteiger partial charge in [-0.3, -0.25) is 4.79 Å². The molecule has 1 amide bonds. The Balaban J connectivity index is 1.70. The molecule has 0 radical (unpaired) electrons. The Morgan fingerprint density at radius 3 is 2.93 bits per heavy atom. The number of aromatic amines is 1. The minimum absolute atomic E-state index is 0.0726. The van der Waals surface area contributed by atoms with E-state index in [1.165, 1.54) is 20.0 Å². The first-order valence-corrected chi connectivity index (χ1v) is 9.38. The first-order chi connectivity index (χ1) is 13.9. The number of fused-ring (bicyclic) bond motifs is 2. The van der Waals surface area contributed by atoms with Gasteiger partial charge in [0.1, 0.15) is 11.3 Å². The van der Waals surface area contributed by atoms with Crippen LogP contribution in [0.15, 0.2) is 36.9 Å². The zero-order valence-electron chi connectivity index (χ0n) is 16.5. The number of pyridine rings is 1. The lowest BCUT2D eigenvalue weighted by Crippen LogP contribution is -2.35. The van der Waals surface area contributed by atoms with Crippen LogP contribution in [0.4, 0.5) is 10.3 Å². The van der Waals surface area contributed by atoms with Crippen molar-refractivity contribution < 1.29 is 9.18 Å².